The predicted molar refractivity (Wildman–Crippen MR) is 67.1 cm³/mol. The van der Waals surface area contributed by atoms with Crippen LogP contribution in [0.15, 0.2) is 0 Å². The molecular formula is C12H25NS. The molecule has 14 heavy (non-hydrogen) atoms. The van der Waals surface area contributed by atoms with Crippen LogP contribution in [0.4, 0.5) is 0 Å². The van der Waals surface area contributed by atoms with Gasteiger partial charge in [0.25, 0.3) is 0 Å². The quantitative estimate of drug-likeness (QED) is 0.653. The maximum Gasteiger partial charge on any atom is 0.00470 e. The van der Waals surface area contributed by atoms with E-state index in [1.165, 1.54) is 50.8 Å². The molecule has 1 aliphatic carbocycles. The molecule has 0 aliphatic heterocycles. The minimum Gasteiger partial charge on any atom is -0.315 e. The Morgan fingerprint density at radius 3 is 2.57 bits per heavy atom. The van der Waals surface area contributed by atoms with Gasteiger partial charge in [-0.15, -0.1) is 0 Å². The standard InChI is InChI=1S/C12H25NS/c1-11(2)13-9-5-6-10-14-12-7-3-4-8-12/h11-13H,3-10H2,1-2H3. The summed E-state index contributed by atoms with van der Waals surface area (Å²) in [5.74, 6) is 1.38. The Morgan fingerprint density at radius 1 is 1.21 bits per heavy atom. The summed E-state index contributed by atoms with van der Waals surface area (Å²) in [7, 11) is 0. The highest BCUT2D eigenvalue weighted by Crippen LogP contribution is 2.29. The van der Waals surface area contributed by atoms with E-state index in [4.69, 9.17) is 0 Å². The molecule has 0 spiro atoms. The lowest BCUT2D eigenvalue weighted by atomic mass is 10.3. The van der Waals surface area contributed by atoms with Gasteiger partial charge in [-0.1, -0.05) is 26.7 Å². The fraction of sp³-hybridized carbons (Fsp3) is 1.00. The maximum absolute atomic E-state index is 3.46. The second-order valence-corrected chi connectivity index (χ2v) is 6.00. The van der Waals surface area contributed by atoms with E-state index >= 15 is 0 Å². The lowest BCUT2D eigenvalue weighted by Crippen LogP contribution is -2.23. The Kier molecular flexibility index (Phi) is 6.70. The van der Waals surface area contributed by atoms with Crippen LogP contribution in [0.3, 0.4) is 0 Å². The molecule has 0 unspecified atom stereocenters. The topological polar surface area (TPSA) is 12.0 Å². The van der Waals surface area contributed by atoms with Crippen molar-refractivity contribution in [1.82, 2.24) is 5.32 Å². The van der Waals surface area contributed by atoms with Crippen molar-refractivity contribution in [2.75, 3.05) is 12.3 Å². The van der Waals surface area contributed by atoms with Gasteiger partial charge in [0.15, 0.2) is 0 Å². The molecule has 0 aromatic heterocycles. The Bertz CT molecular complexity index is 130. The van der Waals surface area contributed by atoms with E-state index in [0.717, 1.165) is 5.25 Å². The van der Waals surface area contributed by atoms with Gasteiger partial charge in [-0.05, 0) is 38.0 Å². The number of nitrogens with one attached hydrogen (secondary N) is 1. The fourth-order valence-electron chi connectivity index (χ4n) is 1.92. The third-order valence-corrected chi connectivity index (χ3v) is 4.25. The van der Waals surface area contributed by atoms with Gasteiger partial charge in [0, 0.05) is 11.3 Å². The molecule has 1 nitrogen and oxygen atoms in total. The molecular weight excluding hydrogens is 190 g/mol. The monoisotopic (exact) mass is 215 g/mol. The van der Waals surface area contributed by atoms with Gasteiger partial charge in [-0.3, -0.25) is 0 Å². The van der Waals surface area contributed by atoms with Gasteiger partial charge in [-0.2, -0.15) is 11.8 Å². The molecule has 84 valence electrons. The van der Waals surface area contributed by atoms with Gasteiger partial charge in [-0.25, -0.2) is 0 Å². The third kappa shape index (κ3) is 5.92. The summed E-state index contributed by atoms with van der Waals surface area (Å²) in [6.07, 6.45) is 8.65. The van der Waals surface area contributed by atoms with E-state index in [9.17, 15) is 0 Å². The molecule has 0 atom stereocenters. The first-order valence-electron chi connectivity index (χ1n) is 6.14. The SMILES string of the molecule is CC(C)NCCCCSC1CCCC1. The smallest absolute Gasteiger partial charge is 0.00470 e. The third-order valence-electron chi connectivity index (χ3n) is 2.78. The van der Waals surface area contributed by atoms with Crippen molar-refractivity contribution in [1.29, 1.82) is 0 Å². The van der Waals surface area contributed by atoms with E-state index in [1.54, 1.807) is 0 Å². The van der Waals surface area contributed by atoms with Crippen molar-refractivity contribution in [3.8, 4) is 0 Å². The zero-order valence-corrected chi connectivity index (χ0v) is 10.5. The lowest BCUT2D eigenvalue weighted by molar-refractivity contribution is 0.567. The molecule has 0 amide bonds. The van der Waals surface area contributed by atoms with Crippen LogP contribution in [-0.4, -0.2) is 23.6 Å². The first-order chi connectivity index (χ1) is 6.79. The van der Waals surface area contributed by atoms with Crippen LogP contribution >= 0.6 is 11.8 Å². The van der Waals surface area contributed by atoms with E-state index in [0.29, 0.717) is 6.04 Å². The van der Waals surface area contributed by atoms with Crippen LogP contribution in [0, 0.1) is 0 Å². The van der Waals surface area contributed by atoms with Crippen LogP contribution in [0.1, 0.15) is 52.4 Å². The van der Waals surface area contributed by atoms with Gasteiger partial charge in [0.05, 0.1) is 0 Å². The summed E-state index contributed by atoms with van der Waals surface area (Å²) in [5.41, 5.74) is 0. The van der Waals surface area contributed by atoms with Crippen LogP contribution in [-0.2, 0) is 0 Å². The Labute approximate surface area is 93.4 Å². The minimum atomic E-state index is 0.650. The second kappa shape index (κ2) is 7.58. The molecule has 1 aliphatic rings. The molecule has 1 N–H and O–H groups in total. The fourth-order valence-corrected chi connectivity index (χ4v) is 3.29. The van der Waals surface area contributed by atoms with Crippen LogP contribution in [0.5, 0.6) is 0 Å². The Balaban J connectivity index is 1.79. The molecule has 0 heterocycles. The number of hydrogen-bond donors (Lipinski definition) is 1. The maximum atomic E-state index is 3.46. The van der Waals surface area contributed by atoms with Crippen LogP contribution in [0.2, 0.25) is 0 Å². The highest BCUT2D eigenvalue weighted by Gasteiger charge is 2.14. The highest BCUT2D eigenvalue weighted by atomic mass is 32.2. The summed E-state index contributed by atoms with van der Waals surface area (Å²) >= 11 is 2.22. The molecule has 0 radical (unpaired) electrons. The van der Waals surface area contributed by atoms with Crippen molar-refractivity contribution in [2.24, 2.45) is 0 Å². The molecule has 2 heteroatoms. The van der Waals surface area contributed by atoms with Crippen molar-refractivity contribution >= 4 is 11.8 Å². The first-order valence-corrected chi connectivity index (χ1v) is 7.19. The van der Waals surface area contributed by atoms with Gasteiger partial charge < -0.3 is 5.32 Å². The lowest BCUT2D eigenvalue weighted by Gasteiger charge is -2.09. The highest BCUT2D eigenvalue weighted by molar-refractivity contribution is 7.99. The molecule has 1 saturated carbocycles. The van der Waals surface area contributed by atoms with E-state index in [1.807, 2.05) is 0 Å². The summed E-state index contributed by atoms with van der Waals surface area (Å²) < 4.78 is 0. The van der Waals surface area contributed by atoms with Gasteiger partial charge in [0.2, 0.25) is 0 Å². The molecule has 0 aromatic rings. The van der Waals surface area contributed by atoms with E-state index in [-0.39, 0.29) is 0 Å². The summed E-state index contributed by atoms with van der Waals surface area (Å²) in [6.45, 7) is 5.63. The van der Waals surface area contributed by atoms with Crippen LogP contribution in [0.25, 0.3) is 0 Å². The molecule has 0 saturated heterocycles. The Hall–Kier alpha value is 0.310. The normalized spacial score (nSPS) is 18.2. The molecule has 0 bridgehead atoms. The summed E-state index contributed by atoms with van der Waals surface area (Å²) in [6, 6.07) is 0.650. The number of rotatable bonds is 7. The van der Waals surface area contributed by atoms with Gasteiger partial charge >= 0.3 is 0 Å². The van der Waals surface area contributed by atoms with Crippen molar-refractivity contribution in [3.63, 3.8) is 0 Å². The largest absolute Gasteiger partial charge is 0.315 e. The average Bonchev–Trinajstić information content (AvgIpc) is 2.63. The average molecular weight is 215 g/mol. The molecule has 1 rings (SSSR count). The van der Waals surface area contributed by atoms with Gasteiger partial charge in [0.1, 0.15) is 0 Å². The van der Waals surface area contributed by atoms with Crippen molar-refractivity contribution in [2.45, 2.75) is 63.7 Å². The number of unbranched alkanes of at least 4 members (excludes halogenated alkanes) is 1. The van der Waals surface area contributed by atoms with Crippen molar-refractivity contribution in [3.05, 3.63) is 0 Å². The van der Waals surface area contributed by atoms with E-state index < -0.39 is 0 Å². The zero-order chi connectivity index (χ0) is 10.2. The van der Waals surface area contributed by atoms with Crippen LogP contribution < -0.4 is 5.32 Å². The number of hydrogen-bond acceptors (Lipinski definition) is 2. The minimum absolute atomic E-state index is 0.650. The molecule has 0 aromatic carbocycles. The Morgan fingerprint density at radius 2 is 1.93 bits per heavy atom. The summed E-state index contributed by atoms with van der Waals surface area (Å²) in [5, 5.41) is 4.47. The van der Waals surface area contributed by atoms with Crippen molar-refractivity contribution < 1.29 is 0 Å². The molecule has 1 fully saturated rings. The summed E-state index contributed by atoms with van der Waals surface area (Å²) in [4.78, 5) is 0. The first kappa shape index (κ1) is 12.4. The number of thioether (sulfide) groups is 1. The van der Waals surface area contributed by atoms with E-state index in [2.05, 4.69) is 30.9 Å². The zero-order valence-electron chi connectivity index (χ0n) is 9.72. The predicted octanol–water partition coefficient (Wildman–Crippen LogP) is 3.44. The second-order valence-electron chi connectivity index (χ2n) is 4.59.